The van der Waals surface area contributed by atoms with Crippen LogP contribution in [0, 0.1) is 6.92 Å². The molecule has 8 nitrogen and oxygen atoms in total. The largest absolute Gasteiger partial charge is 0.332 e. The Balaban J connectivity index is 1.94. The minimum absolute atomic E-state index is 0.0930. The number of aryl methyl sites for hydroxylation is 2. The Morgan fingerprint density at radius 3 is 2.64 bits per heavy atom. The Labute approximate surface area is 150 Å². The molecule has 1 amide bonds. The van der Waals surface area contributed by atoms with Crippen LogP contribution in [0.2, 0.25) is 0 Å². The van der Waals surface area contributed by atoms with E-state index >= 15 is 0 Å². The van der Waals surface area contributed by atoms with Crippen molar-refractivity contribution in [3.8, 4) is 0 Å². The lowest BCUT2D eigenvalue weighted by molar-refractivity contribution is -0.116. The number of carbonyl (C=O) groups excluding carboxylic acids is 1. The molecule has 0 atom stereocenters. The maximum atomic E-state index is 12.4. The number of amides is 1. The molecule has 3 aromatic rings. The quantitative estimate of drug-likeness (QED) is 0.707. The summed E-state index contributed by atoms with van der Waals surface area (Å²) in [6, 6.07) is 5.58. The predicted molar refractivity (Wildman–Crippen MR) is 97.7 cm³/mol. The maximum absolute atomic E-state index is 12.4. The second-order valence-corrected chi connectivity index (χ2v) is 6.64. The van der Waals surface area contributed by atoms with Crippen LogP contribution in [0.15, 0.2) is 38.6 Å². The Hall–Kier alpha value is -2.68. The first-order valence-corrected chi connectivity index (χ1v) is 8.25. The van der Waals surface area contributed by atoms with Crippen LogP contribution in [-0.4, -0.2) is 24.6 Å². The number of imidazole rings is 1. The van der Waals surface area contributed by atoms with Gasteiger partial charge in [0.25, 0.3) is 5.56 Å². The number of anilines is 1. The molecule has 0 saturated carbocycles. The van der Waals surface area contributed by atoms with Gasteiger partial charge in [-0.3, -0.25) is 18.7 Å². The van der Waals surface area contributed by atoms with Crippen LogP contribution < -0.4 is 16.6 Å². The number of halogens is 1. The van der Waals surface area contributed by atoms with Crippen molar-refractivity contribution >= 4 is 38.7 Å². The highest BCUT2D eigenvalue weighted by Gasteiger charge is 2.16. The van der Waals surface area contributed by atoms with Gasteiger partial charge in [0.05, 0.1) is 12.0 Å². The van der Waals surface area contributed by atoms with Gasteiger partial charge in [-0.25, -0.2) is 9.78 Å². The molecule has 1 aromatic carbocycles. The molecule has 0 aliphatic heterocycles. The van der Waals surface area contributed by atoms with Crippen LogP contribution in [-0.2, 0) is 25.4 Å². The Kier molecular flexibility index (Phi) is 4.34. The maximum Gasteiger partial charge on any atom is 0.332 e. The standard InChI is InChI=1S/C16H16BrN5O3/c1-9-4-5-11(10(17)6-9)19-12(23)7-22-8-18-14-13(22)15(24)21(3)16(25)20(14)2/h4-6,8H,7H2,1-3H3,(H,19,23). The Morgan fingerprint density at radius 2 is 1.96 bits per heavy atom. The monoisotopic (exact) mass is 405 g/mol. The van der Waals surface area contributed by atoms with E-state index in [2.05, 4.69) is 26.2 Å². The van der Waals surface area contributed by atoms with E-state index in [0.717, 1.165) is 14.6 Å². The van der Waals surface area contributed by atoms with Gasteiger partial charge in [0.2, 0.25) is 5.91 Å². The third-order valence-corrected chi connectivity index (χ3v) is 4.59. The van der Waals surface area contributed by atoms with Gasteiger partial charge in [-0.05, 0) is 40.5 Å². The molecule has 2 aromatic heterocycles. The zero-order valence-electron chi connectivity index (χ0n) is 13.9. The van der Waals surface area contributed by atoms with Crippen molar-refractivity contribution in [2.45, 2.75) is 13.5 Å². The number of aromatic nitrogens is 4. The van der Waals surface area contributed by atoms with E-state index in [4.69, 9.17) is 0 Å². The highest BCUT2D eigenvalue weighted by Crippen LogP contribution is 2.23. The molecule has 0 fully saturated rings. The van der Waals surface area contributed by atoms with Gasteiger partial charge in [0.1, 0.15) is 6.54 Å². The van der Waals surface area contributed by atoms with E-state index in [9.17, 15) is 14.4 Å². The predicted octanol–water partition coefficient (Wildman–Crippen LogP) is 1.14. The third-order valence-electron chi connectivity index (χ3n) is 3.93. The molecule has 3 rings (SSSR count). The van der Waals surface area contributed by atoms with Crippen molar-refractivity contribution in [2.24, 2.45) is 14.1 Å². The minimum atomic E-state index is -0.486. The molecule has 0 aliphatic rings. The molecule has 9 heteroatoms. The summed E-state index contributed by atoms with van der Waals surface area (Å²) < 4.78 is 4.49. The molecule has 0 aliphatic carbocycles. The number of benzene rings is 1. The van der Waals surface area contributed by atoms with Gasteiger partial charge in [-0.2, -0.15) is 0 Å². The van der Waals surface area contributed by atoms with Crippen molar-refractivity contribution in [1.82, 2.24) is 18.7 Å². The summed E-state index contributed by atoms with van der Waals surface area (Å²) in [5.41, 5.74) is 1.21. The first kappa shape index (κ1) is 17.2. The van der Waals surface area contributed by atoms with Crippen molar-refractivity contribution in [3.63, 3.8) is 0 Å². The van der Waals surface area contributed by atoms with Gasteiger partial charge < -0.3 is 9.88 Å². The lowest BCUT2D eigenvalue weighted by Gasteiger charge is -2.09. The van der Waals surface area contributed by atoms with Gasteiger partial charge in [0.15, 0.2) is 11.2 Å². The number of nitrogens with zero attached hydrogens (tertiary/aromatic N) is 4. The lowest BCUT2D eigenvalue weighted by atomic mass is 10.2. The molecule has 130 valence electrons. The molecule has 2 heterocycles. The fourth-order valence-electron chi connectivity index (χ4n) is 2.58. The third kappa shape index (κ3) is 3.02. The summed E-state index contributed by atoms with van der Waals surface area (Å²) >= 11 is 3.41. The Morgan fingerprint density at radius 1 is 1.24 bits per heavy atom. The second kappa shape index (κ2) is 6.32. The number of hydrogen-bond donors (Lipinski definition) is 1. The highest BCUT2D eigenvalue weighted by atomic mass is 79.9. The summed E-state index contributed by atoms with van der Waals surface area (Å²) in [6.07, 6.45) is 1.38. The van der Waals surface area contributed by atoms with Crippen LogP contribution in [0.4, 0.5) is 5.69 Å². The number of rotatable bonds is 3. The van der Waals surface area contributed by atoms with Gasteiger partial charge in [-0.1, -0.05) is 6.07 Å². The number of hydrogen-bond acceptors (Lipinski definition) is 4. The van der Waals surface area contributed by atoms with E-state index in [-0.39, 0.29) is 23.6 Å². The number of carbonyl (C=O) groups is 1. The summed E-state index contributed by atoms with van der Waals surface area (Å²) in [7, 11) is 2.93. The molecule has 25 heavy (non-hydrogen) atoms. The highest BCUT2D eigenvalue weighted by molar-refractivity contribution is 9.10. The van der Waals surface area contributed by atoms with Crippen LogP contribution in [0.1, 0.15) is 5.56 Å². The van der Waals surface area contributed by atoms with Crippen LogP contribution in [0.25, 0.3) is 11.2 Å². The molecule has 0 unspecified atom stereocenters. The molecule has 0 radical (unpaired) electrons. The first-order valence-electron chi connectivity index (χ1n) is 7.46. The van der Waals surface area contributed by atoms with Crippen LogP contribution in [0.5, 0.6) is 0 Å². The smallest absolute Gasteiger partial charge is 0.324 e. The zero-order valence-corrected chi connectivity index (χ0v) is 15.5. The van der Waals surface area contributed by atoms with Crippen molar-refractivity contribution in [1.29, 1.82) is 0 Å². The normalized spacial score (nSPS) is 11.0. The molecule has 1 N–H and O–H groups in total. The van der Waals surface area contributed by atoms with Gasteiger partial charge >= 0.3 is 5.69 Å². The van der Waals surface area contributed by atoms with Crippen molar-refractivity contribution in [3.05, 3.63) is 55.4 Å². The van der Waals surface area contributed by atoms with E-state index in [1.54, 1.807) is 6.07 Å². The van der Waals surface area contributed by atoms with E-state index in [0.29, 0.717) is 5.69 Å². The summed E-state index contributed by atoms with van der Waals surface area (Å²) in [5.74, 6) is -0.306. The van der Waals surface area contributed by atoms with Gasteiger partial charge in [0, 0.05) is 18.6 Å². The zero-order chi connectivity index (χ0) is 18.3. The van der Waals surface area contributed by atoms with Crippen molar-refractivity contribution in [2.75, 3.05) is 5.32 Å². The lowest BCUT2D eigenvalue weighted by Crippen LogP contribution is -2.37. The molecule has 0 saturated heterocycles. The minimum Gasteiger partial charge on any atom is -0.324 e. The fraction of sp³-hybridized carbons (Fsp3) is 0.250. The summed E-state index contributed by atoms with van der Waals surface area (Å²) in [6.45, 7) is 1.86. The topological polar surface area (TPSA) is 90.9 Å². The SMILES string of the molecule is Cc1ccc(NC(=O)Cn2cnc3c2c(=O)n(C)c(=O)n3C)c(Br)c1. The van der Waals surface area contributed by atoms with Crippen LogP contribution in [0.3, 0.4) is 0 Å². The molecule has 0 spiro atoms. The van der Waals surface area contributed by atoms with E-state index in [1.165, 1.54) is 29.6 Å². The molecular weight excluding hydrogens is 390 g/mol. The summed E-state index contributed by atoms with van der Waals surface area (Å²) in [4.78, 5) is 40.7. The Bertz CT molecular complexity index is 1110. The van der Waals surface area contributed by atoms with Crippen molar-refractivity contribution < 1.29 is 4.79 Å². The second-order valence-electron chi connectivity index (χ2n) is 5.78. The average molecular weight is 406 g/mol. The van der Waals surface area contributed by atoms with E-state index in [1.807, 2.05) is 19.1 Å². The number of fused-ring (bicyclic) bond motifs is 1. The molecular formula is C16H16BrN5O3. The van der Waals surface area contributed by atoms with Crippen LogP contribution >= 0.6 is 15.9 Å². The fourth-order valence-corrected chi connectivity index (χ4v) is 3.18. The van der Waals surface area contributed by atoms with E-state index < -0.39 is 11.2 Å². The number of nitrogens with one attached hydrogen (secondary N) is 1. The summed E-state index contributed by atoms with van der Waals surface area (Å²) in [5, 5.41) is 2.79. The molecule has 0 bridgehead atoms. The van der Waals surface area contributed by atoms with Gasteiger partial charge in [-0.15, -0.1) is 0 Å². The first-order chi connectivity index (χ1) is 11.8. The average Bonchev–Trinajstić information content (AvgIpc) is 2.97.